The Morgan fingerprint density at radius 3 is 2.33 bits per heavy atom. The Morgan fingerprint density at radius 2 is 1.60 bits per heavy atom. The van der Waals surface area contributed by atoms with E-state index in [9.17, 15) is 4.79 Å². The third kappa shape index (κ3) is 4.75. The summed E-state index contributed by atoms with van der Waals surface area (Å²) >= 11 is 1.41. The number of hydrogen-bond acceptors (Lipinski definition) is 4. The van der Waals surface area contributed by atoms with Crippen LogP contribution in [0.4, 0.5) is 5.13 Å². The molecule has 150 valence electrons. The molecule has 5 heteroatoms. The van der Waals surface area contributed by atoms with Crippen LogP contribution in [-0.4, -0.2) is 17.5 Å². The van der Waals surface area contributed by atoms with Gasteiger partial charge in [-0.05, 0) is 54.3 Å². The summed E-state index contributed by atoms with van der Waals surface area (Å²) in [5.74, 6) is 0.419. The van der Waals surface area contributed by atoms with E-state index >= 15 is 0 Å². The second-order valence-electron chi connectivity index (χ2n) is 7.06. The Bertz CT molecular complexity index is 1150. The molecule has 1 heterocycles. The third-order valence-electron chi connectivity index (χ3n) is 4.88. The summed E-state index contributed by atoms with van der Waals surface area (Å²) in [6.45, 7) is 4.10. The first-order valence-electron chi connectivity index (χ1n) is 9.70. The third-order valence-corrected chi connectivity index (χ3v) is 5.64. The molecule has 1 N–H and O–H groups in total. The molecule has 4 rings (SSSR count). The predicted molar refractivity (Wildman–Crippen MR) is 123 cm³/mol. The van der Waals surface area contributed by atoms with Gasteiger partial charge in [0.05, 0.1) is 5.69 Å². The highest BCUT2D eigenvalue weighted by Gasteiger charge is 2.10. The summed E-state index contributed by atoms with van der Waals surface area (Å²) in [4.78, 5) is 16.8. The molecule has 0 atom stereocenters. The number of thiazole rings is 1. The fourth-order valence-corrected chi connectivity index (χ4v) is 3.78. The van der Waals surface area contributed by atoms with Crippen molar-refractivity contribution in [2.75, 3.05) is 11.9 Å². The minimum atomic E-state index is -0.233. The molecule has 0 saturated heterocycles. The molecule has 0 bridgehead atoms. The predicted octanol–water partition coefficient (Wildman–Crippen LogP) is 6.11. The van der Waals surface area contributed by atoms with Crippen molar-refractivity contribution in [1.82, 2.24) is 4.98 Å². The maximum absolute atomic E-state index is 12.2. The lowest BCUT2D eigenvalue weighted by Gasteiger charge is -2.07. The SMILES string of the molecule is Cc1ccc(-c2csc(NC(=O)COc3ccc(-c4ccccc4)cc3)n2)cc1C. The van der Waals surface area contributed by atoms with Crippen molar-refractivity contribution in [1.29, 1.82) is 0 Å². The Hall–Kier alpha value is -3.44. The largest absolute Gasteiger partial charge is 0.484 e. The van der Waals surface area contributed by atoms with Gasteiger partial charge in [0.2, 0.25) is 0 Å². The number of rotatable bonds is 6. The summed E-state index contributed by atoms with van der Waals surface area (Å²) in [6.07, 6.45) is 0. The Kier molecular flexibility index (Phi) is 5.91. The zero-order valence-electron chi connectivity index (χ0n) is 16.9. The van der Waals surface area contributed by atoms with E-state index in [2.05, 4.69) is 48.4 Å². The van der Waals surface area contributed by atoms with Gasteiger partial charge in [-0.25, -0.2) is 4.98 Å². The molecule has 1 aromatic heterocycles. The van der Waals surface area contributed by atoms with E-state index in [0.717, 1.165) is 22.4 Å². The normalized spacial score (nSPS) is 10.6. The van der Waals surface area contributed by atoms with Crippen LogP contribution in [0.3, 0.4) is 0 Å². The average molecular weight is 415 g/mol. The smallest absolute Gasteiger partial charge is 0.264 e. The van der Waals surface area contributed by atoms with Gasteiger partial charge in [-0.15, -0.1) is 11.3 Å². The zero-order valence-corrected chi connectivity index (χ0v) is 17.7. The Balaban J connectivity index is 1.33. The van der Waals surface area contributed by atoms with Crippen molar-refractivity contribution >= 4 is 22.4 Å². The van der Waals surface area contributed by atoms with Gasteiger partial charge < -0.3 is 4.74 Å². The number of aryl methyl sites for hydroxylation is 2. The molecule has 0 unspecified atom stereocenters. The number of amides is 1. The molecular formula is C25H22N2O2S. The van der Waals surface area contributed by atoms with Gasteiger partial charge in [-0.1, -0.05) is 54.6 Å². The lowest BCUT2D eigenvalue weighted by Crippen LogP contribution is -2.20. The number of benzene rings is 3. The van der Waals surface area contributed by atoms with Gasteiger partial charge in [0.1, 0.15) is 5.75 Å². The molecule has 30 heavy (non-hydrogen) atoms. The molecule has 0 aliphatic heterocycles. The van der Waals surface area contributed by atoms with Crippen LogP contribution in [0.5, 0.6) is 5.75 Å². The van der Waals surface area contributed by atoms with Crippen molar-refractivity contribution in [3.63, 3.8) is 0 Å². The maximum atomic E-state index is 12.2. The van der Waals surface area contributed by atoms with Gasteiger partial charge in [0.15, 0.2) is 11.7 Å². The number of carbonyl (C=O) groups is 1. The number of nitrogens with one attached hydrogen (secondary N) is 1. The van der Waals surface area contributed by atoms with Crippen molar-refractivity contribution in [2.45, 2.75) is 13.8 Å². The van der Waals surface area contributed by atoms with Crippen LogP contribution in [0, 0.1) is 13.8 Å². The van der Waals surface area contributed by atoms with Crippen LogP contribution in [0.15, 0.2) is 78.2 Å². The topological polar surface area (TPSA) is 51.2 Å². The number of hydrogen-bond donors (Lipinski definition) is 1. The lowest BCUT2D eigenvalue weighted by molar-refractivity contribution is -0.118. The Morgan fingerprint density at radius 1 is 0.900 bits per heavy atom. The summed E-state index contributed by atoms with van der Waals surface area (Å²) in [5.41, 5.74) is 6.62. The van der Waals surface area contributed by atoms with Crippen molar-refractivity contribution in [2.24, 2.45) is 0 Å². The number of nitrogens with zero attached hydrogens (tertiary/aromatic N) is 1. The standard InChI is InChI=1S/C25H22N2O2S/c1-17-8-9-21(14-18(17)2)23-16-30-25(26-23)27-24(28)15-29-22-12-10-20(11-13-22)19-6-4-3-5-7-19/h3-14,16H,15H2,1-2H3,(H,26,27,28). The molecule has 0 fully saturated rings. The van der Waals surface area contributed by atoms with Crippen LogP contribution < -0.4 is 10.1 Å². The van der Waals surface area contributed by atoms with Crippen LogP contribution >= 0.6 is 11.3 Å². The first-order valence-corrected chi connectivity index (χ1v) is 10.6. The molecule has 0 aliphatic rings. The van der Waals surface area contributed by atoms with E-state index in [1.54, 1.807) is 0 Å². The van der Waals surface area contributed by atoms with E-state index < -0.39 is 0 Å². The van der Waals surface area contributed by atoms with Crippen molar-refractivity contribution in [3.8, 4) is 28.1 Å². The molecular weight excluding hydrogens is 392 g/mol. The van der Waals surface area contributed by atoms with Crippen molar-refractivity contribution in [3.05, 3.63) is 89.3 Å². The van der Waals surface area contributed by atoms with Crippen LogP contribution in [0.25, 0.3) is 22.4 Å². The number of ether oxygens (including phenoxy) is 1. The minimum Gasteiger partial charge on any atom is -0.484 e. The molecule has 0 aliphatic carbocycles. The van der Waals surface area contributed by atoms with Crippen LogP contribution in [-0.2, 0) is 4.79 Å². The molecule has 4 nitrogen and oxygen atoms in total. The van der Waals surface area contributed by atoms with Crippen LogP contribution in [0.2, 0.25) is 0 Å². The summed E-state index contributed by atoms with van der Waals surface area (Å²) < 4.78 is 5.62. The molecule has 4 aromatic rings. The first-order chi connectivity index (χ1) is 14.6. The Labute approximate surface area is 180 Å². The highest BCUT2D eigenvalue weighted by Crippen LogP contribution is 2.26. The molecule has 1 amide bonds. The van der Waals surface area contributed by atoms with Gasteiger partial charge in [-0.3, -0.25) is 10.1 Å². The molecule has 0 spiro atoms. The van der Waals surface area contributed by atoms with Gasteiger partial charge in [-0.2, -0.15) is 0 Å². The molecule has 3 aromatic carbocycles. The summed E-state index contributed by atoms with van der Waals surface area (Å²) in [5, 5.41) is 5.32. The van der Waals surface area contributed by atoms with E-state index in [0.29, 0.717) is 10.9 Å². The molecule has 0 radical (unpaired) electrons. The van der Waals surface area contributed by atoms with Gasteiger partial charge in [0, 0.05) is 10.9 Å². The van der Waals surface area contributed by atoms with E-state index in [1.165, 1.54) is 22.5 Å². The van der Waals surface area contributed by atoms with Gasteiger partial charge >= 0.3 is 0 Å². The minimum absolute atomic E-state index is 0.0662. The molecule has 0 saturated carbocycles. The first kappa shape index (κ1) is 19.9. The van der Waals surface area contributed by atoms with Gasteiger partial charge in [0.25, 0.3) is 5.91 Å². The van der Waals surface area contributed by atoms with Crippen LogP contribution in [0.1, 0.15) is 11.1 Å². The number of aromatic nitrogens is 1. The summed E-state index contributed by atoms with van der Waals surface area (Å²) in [7, 11) is 0. The second kappa shape index (κ2) is 8.93. The average Bonchev–Trinajstić information content (AvgIpc) is 3.23. The fraction of sp³-hybridized carbons (Fsp3) is 0.120. The highest BCUT2D eigenvalue weighted by atomic mass is 32.1. The van der Waals surface area contributed by atoms with E-state index in [-0.39, 0.29) is 12.5 Å². The second-order valence-corrected chi connectivity index (χ2v) is 7.92. The van der Waals surface area contributed by atoms with Crippen molar-refractivity contribution < 1.29 is 9.53 Å². The van der Waals surface area contributed by atoms with E-state index in [4.69, 9.17) is 4.74 Å². The zero-order chi connectivity index (χ0) is 20.9. The highest BCUT2D eigenvalue weighted by molar-refractivity contribution is 7.14. The summed E-state index contributed by atoms with van der Waals surface area (Å²) in [6, 6.07) is 24.1. The maximum Gasteiger partial charge on any atom is 0.264 e. The fourth-order valence-electron chi connectivity index (χ4n) is 3.04. The monoisotopic (exact) mass is 414 g/mol. The number of anilines is 1. The quantitative estimate of drug-likeness (QED) is 0.414. The van der Waals surface area contributed by atoms with E-state index in [1.807, 2.05) is 53.9 Å². The lowest BCUT2D eigenvalue weighted by atomic mass is 10.1. The number of carbonyl (C=O) groups excluding carboxylic acids is 1.